The molecule has 0 saturated carbocycles. The van der Waals surface area contributed by atoms with Crippen LogP contribution in [0.3, 0.4) is 0 Å². The van der Waals surface area contributed by atoms with E-state index in [0.717, 1.165) is 0 Å². The van der Waals surface area contributed by atoms with Gasteiger partial charge in [-0.25, -0.2) is 0 Å². The molecule has 1 aliphatic carbocycles. The first-order valence-corrected chi connectivity index (χ1v) is 6.59. The molecule has 20 heavy (non-hydrogen) atoms. The zero-order chi connectivity index (χ0) is 14.1. The minimum atomic E-state index is -0.604. The maximum absolute atomic E-state index is 12.1. The van der Waals surface area contributed by atoms with Crippen LogP contribution in [-0.4, -0.2) is 54.4 Å². The Morgan fingerprint density at radius 2 is 1.70 bits per heavy atom. The van der Waals surface area contributed by atoms with Crippen molar-refractivity contribution in [2.24, 2.45) is 0 Å². The minimum absolute atomic E-state index is 0.0725. The lowest BCUT2D eigenvalue weighted by atomic mass is 9.88. The number of rotatable bonds is 2. The monoisotopic (exact) mass is 273 g/mol. The third-order valence-corrected chi connectivity index (χ3v) is 3.68. The normalized spacial score (nSPS) is 20.2. The van der Waals surface area contributed by atoms with Crippen LogP contribution in [0.15, 0.2) is 29.8 Å². The van der Waals surface area contributed by atoms with Gasteiger partial charge in [-0.05, 0) is 0 Å². The first-order chi connectivity index (χ1) is 9.68. The molecule has 1 heterocycles. The summed E-state index contributed by atoms with van der Waals surface area (Å²) in [7, 11) is 0. The summed E-state index contributed by atoms with van der Waals surface area (Å²) in [5.41, 5.74) is 0.914. The number of hydrogen-bond donors (Lipinski definition) is 1. The van der Waals surface area contributed by atoms with Crippen LogP contribution in [0.2, 0.25) is 0 Å². The maximum Gasteiger partial charge on any atom is 0.234 e. The molecule has 0 bridgehead atoms. The van der Waals surface area contributed by atoms with Gasteiger partial charge in [0.25, 0.3) is 0 Å². The largest absolute Gasteiger partial charge is 0.507 e. The molecule has 1 aromatic carbocycles. The van der Waals surface area contributed by atoms with Gasteiger partial charge in [-0.1, -0.05) is 24.3 Å². The van der Waals surface area contributed by atoms with Gasteiger partial charge in [0.15, 0.2) is 0 Å². The summed E-state index contributed by atoms with van der Waals surface area (Å²) in [6, 6.07) is 6.65. The second-order valence-corrected chi connectivity index (χ2v) is 4.92. The average molecular weight is 273 g/mol. The summed E-state index contributed by atoms with van der Waals surface area (Å²) in [4.78, 5) is 26.2. The molecular weight excluding hydrogens is 258 g/mol. The standard InChI is InChI=1S/C15H15NO4/c17-13-10-3-1-2-4-11(10)14(18)15(19)12(13)9-16-5-7-20-8-6-16/h1-4,17H,5-9H2. The SMILES string of the molecule is O=C1C(=O)c2ccccc2C(O)=C1CN1CCOCC1. The van der Waals surface area contributed by atoms with Crippen LogP contribution in [0, 0.1) is 0 Å². The van der Waals surface area contributed by atoms with E-state index in [1.807, 2.05) is 4.90 Å². The third kappa shape index (κ3) is 2.15. The summed E-state index contributed by atoms with van der Waals surface area (Å²) in [6.45, 7) is 2.88. The molecule has 1 aliphatic heterocycles. The van der Waals surface area contributed by atoms with E-state index in [1.165, 1.54) is 0 Å². The van der Waals surface area contributed by atoms with E-state index < -0.39 is 11.6 Å². The first-order valence-electron chi connectivity index (χ1n) is 6.59. The average Bonchev–Trinajstić information content (AvgIpc) is 2.50. The van der Waals surface area contributed by atoms with E-state index in [9.17, 15) is 14.7 Å². The highest BCUT2D eigenvalue weighted by atomic mass is 16.5. The predicted octanol–water partition coefficient (Wildman–Crippen LogP) is 1.05. The number of ether oxygens (including phenoxy) is 1. The lowest BCUT2D eigenvalue weighted by Gasteiger charge is -2.28. The van der Waals surface area contributed by atoms with E-state index in [0.29, 0.717) is 31.9 Å². The summed E-state index contributed by atoms with van der Waals surface area (Å²) in [5.74, 6) is -1.22. The number of carbonyl (C=O) groups is 2. The number of benzene rings is 1. The van der Waals surface area contributed by atoms with Gasteiger partial charge in [0.2, 0.25) is 11.6 Å². The predicted molar refractivity (Wildman–Crippen MR) is 72.6 cm³/mol. The molecule has 3 rings (SSSR count). The fraction of sp³-hybridized carbons (Fsp3) is 0.333. The fourth-order valence-electron chi connectivity index (χ4n) is 2.55. The molecule has 0 unspecified atom stereocenters. The van der Waals surface area contributed by atoms with Crippen molar-refractivity contribution in [2.45, 2.75) is 0 Å². The number of ketones is 2. The second kappa shape index (κ2) is 5.19. The third-order valence-electron chi connectivity index (χ3n) is 3.68. The van der Waals surface area contributed by atoms with Crippen molar-refractivity contribution in [3.05, 3.63) is 41.0 Å². The van der Waals surface area contributed by atoms with Gasteiger partial charge in [-0.2, -0.15) is 0 Å². The Morgan fingerprint density at radius 3 is 2.40 bits per heavy atom. The Kier molecular flexibility index (Phi) is 3.38. The topological polar surface area (TPSA) is 66.8 Å². The lowest BCUT2D eigenvalue weighted by molar-refractivity contribution is -0.112. The molecule has 1 saturated heterocycles. The van der Waals surface area contributed by atoms with Crippen molar-refractivity contribution < 1.29 is 19.4 Å². The number of morpholine rings is 1. The quantitative estimate of drug-likeness (QED) is 0.816. The van der Waals surface area contributed by atoms with Crippen LogP contribution in [-0.2, 0) is 9.53 Å². The van der Waals surface area contributed by atoms with Gasteiger partial charge in [-0.3, -0.25) is 14.5 Å². The fourth-order valence-corrected chi connectivity index (χ4v) is 2.55. The van der Waals surface area contributed by atoms with Crippen LogP contribution in [0.25, 0.3) is 5.76 Å². The maximum atomic E-state index is 12.1. The number of aliphatic hydroxyl groups excluding tert-OH is 1. The smallest absolute Gasteiger partial charge is 0.234 e. The highest BCUT2D eigenvalue weighted by Gasteiger charge is 2.33. The number of carbonyl (C=O) groups excluding carboxylic acids is 2. The molecule has 0 atom stereocenters. The zero-order valence-electron chi connectivity index (χ0n) is 11.0. The molecule has 1 aromatic rings. The van der Waals surface area contributed by atoms with E-state index in [2.05, 4.69) is 0 Å². The summed E-state index contributed by atoms with van der Waals surface area (Å²) >= 11 is 0. The number of aliphatic hydroxyl groups is 1. The minimum Gasteiger partial charge on any atom is -0.507 e. The summed E-state index contributed by atoms with van der Waals surface area (Å²) < 4.78 is 5.25. The summed E-state index contributed by atoms with van der Waals surface area (Å²) in [6.07, 6.45) is 0. The second-order valence-electron chi connectivity index (χ2n) is 4.92. The zero-order valence-corrected chi connectivity index (χ0v) is 11.0. The van der Waals surface area contributed by atoms with Crippen molar-refractivity contribution in [3.63, 3.8) is 0 Å². The number of hydrogen-bond acceptors (Lipinski definition) is 5. The molecule has 5 heteroatoms. The Labute approximate surface area is 116 Å². The first kappa shape index (κ1) is 13.0. The van der Waals surface area contributed by atoms with Crippen molar-refractivity contribution in [1.82, 2.24) is 4.90 Å². The van der Waals surface area contributed by atoms with Gasteiger partial charge >= 0.3 is 0 Å². The molecule has 104 valence electrons. The van der Waals surface area contributed by atoms with Gasteiger partial charge in [0, 0.05) is 30.8 Å². The molecule has 2 aliphatic rings. The Balaban J connectivity index is 1.96. The molecular formula is C15H15NO4. The number of Topliss-reactive ketones (excluding diaryl/α,β-unsaturated/α-hetero) is 2. The van der Waals surface area contributed by atoms with E-state index in [1.54, 1.807) is 24.3 Å². The molecule has 0 radical (unpaired) electrons. The van der Waals surface area contributed by atoms with Crippen LogP contribution in [0.1, 0.15) is 15.9 Å². The van der Waals surface area contributed by atoms with Crippen molar-refractivity contribution in [3.8, 4) is 0 Å². The Hall–Kier alpha value is -1.98. The van der Waals surface area contributed by atoms with Gasteiger partial charge in [0.05, 0.1) is 18.8 Å². The highest BCUT2D eigenvalue weighted by Crippen LogP contribution is 2.28. The van der Waals surface area contributed by atoms with Crippen LogP contribution in [0.4, 0.5) is 0 Å². The van der Waals surface area contributed by atoms with Crippen molar-refractivity contribution in [1.29, 1.82) is 0 Å². The van der Waals surface area contributed by atoms with Crippen molar-refractivity contribution in [2.75, 3.05) is 32.8 Å². The molecule has 1 fully saturated rings. The summed E-state index contributed by atoms with van der Waals surface area (Å²) in [5, 5.41) is 10.3. The van der Waals surface area contributed by atoms with Crippen LogP contribution in [0.5, 0.6) is 0 Å². The van der Waals surface area contributed by atoms with E-state index >= 15 is 0 Å². The Morgan fingerprint density at radius 1 is 1.05 bits per heavy atom. The number of fused-ring (bicyclic) bond motifs is 1. The van der Waals surface area contributed by atoms with Gasteiger partial charge in [0.1, 0.15) is 5.76 Å². The van der Waals surface area contributed by atoms with Crippen LogP contribution < -0.4 is 0 Å². The van der Waals surface area contributed by atoms with Crippen LogP contribution >= 0.6 is 0 Å². The van der Waals surface area contributed by atoms with Gasteiger partial charge in [-0.15, -0.1) is 0 Å². The molecule has 5 nitrogen and oxygen atoms in total. The van der Waals surface area contributed by atoms with E-state index in [-0.39, 0.29) is 23.4 Å². The van der Waals surface area contributed by atoms with Crippen molar-refractivity contribution >= 4 is 17.3 Å². The highest BCUT2D eigenvalue weighted by molar-refractivity contribution is 6.52. The lowest BCUT2D eigenvalue weighted by Crippen LogP contribution is -2.40. The number of nitrogens with zero attached hydrogens (tertiary/aromatic N) is 1. The van der Waals surface area contributed by atoms with E-state index in [4.69, 9.17) is 4.74 Å². The Bertz CT molecular complexity index is 600. The molecule has 0 spiro atoms. The molecule has 0 amide bonds. The van der Waals surface area contributed by atoms with Gasteiger partial charge < -0.3 is 9.84 Å². The molecule has 1 N–H and O–H groups in total. The molecule has 0 aromatic heterocycles.